The summed E-state index contributed by atoms with van der Waals surface area (Å²) in [7, 11) is 0. The molecule has 0 radical (unpaired) electrons. The van der Waals surface area contributed by atoms with Crippen molar-refractivity contribution < 1.29 is 23.5 Å². The van der Waals surface area contributed by atoms with Gasteiger partial charge in [0.1, 0.15) is 17.1 Å². The summed E-state index contributed by atoms with van der Waals surface area (Å²) < 4.78 is 25.0. The molecular formula is C18H18FNO4. The third-order valence-corrected chi connectivity index (χ3v) is 4.20. The molecule has 1 aliphatic heterocycles. The first-order valence-electron chi connectivity index (χ1n) is 7.89. The molecule has 5 nitrogen and oxygen atoms in total. The maximum absolute atomic E-state index is 14.4. The second-order valence-electron chi connectivity index (χ2n) is 5.67. The number of ketones is 1. The number of allylic oxidation sites excluding steroid dienone is 2. The van der Waals surface area contributed by atoms with Gasteiger partial charge in [0.25, 0.3) is 0 Å². The Kier molecular flexibility index (Phi) is 4.38. The highest BCUT2D eigenvalue weighted by molar-refractivity contribution is 6.03. The summed E-state index contributed by atoms with van der Waals surface area (Å²) in [5.74, 6) is -1.97. The highest BCUT2D eigenvalue weighted by Gasteiger charge is 2.42. The number of hydrogen-bond acceptors (Lipinski definition) is 5. The number of carbonyl (C=O) groups excluding carboxylic acids is 2. The first-order chi connectivity index (χ1) is 11.5. The second kappa shape index (κ2) is 6.47. The lowest BCUT2D eigenvalue weighted by Gasteiger charge is -2.32. The van der Waals surface area contributed by atoms with E-state index in [1.807, 2.05) is 0 Å². The average molecular weight is 331 g/mol. The quantitative estimate of drug-likeness (QED) is 0.862. The number of Topliss-reactive ketones (excluding diaryl/α,β-unsaturated/α-hetero) is 1. The number of benzene rings is 1. The summed E-state index contributed by atoms with van der Waals surface area (Å²) in [6, 6.07) is 6.04. The van der Waals surface area contributed by atoms with Crippen LogP contribution in [0.4, 0.5) is 4.39 Å². The van der Waals surface area contributed by atoms with E-state index >= 15 is 0 Å². The summed E-state index contributed by atoms with van der Waals surface area (Å²) in [6.45, 7) is 1.80. The number of hydrogen-bond donors (Lipinski definition) is 1. The van der Waals surface area contributed by atoms with Gasteiger partial charge in [-0.3, -0.25) is 4.79 Å². The molecule has 3 rings (SSSR count). The van der Waals surface area contributed by atoms with Gasteiger partial charge in [-0.15, -0.1) is 0 Å². The van der Waals surface area contributed by atoms with Crippen LogP contribution in [0.25, 0.3) is 0 Å². The van der Waals surface area contributed by atoms with Crippen LogP contribution in [0.3, 0.4) is 0 Å². The predicted molar refractivity (Wildman–Crippen MR) is 84.0 cm³/mol. The Hall–Kier alpha value is -2.63. The van der Waals surface area contributed by atoms with Crippen LogP contribution in [-0.2, 0) is 19.1 Å². The van der Waals surface area contributed by atoms with Gasteiger partial charge in [-0.2, -0.15) is 0 Å². The topological polar surface area (TPSA) is 78.6 Å². The molecule has 6 heteroatoms. The molecule has 0 fully saturated rings. The fraction of sp³-hybridized carbons (Fsp3) is 0.333. The van der Waals surface area contributed by atoms with Crippen LogP contribution in [0.15, 0.2) is 47.1 Å². The minimum atomic E-state index is -0.901. The number of ether oxygens (including phenoxy) is 2. The number of esters is 1. The maximum Gasteiger partial charge on any atom is 0.340 e. The Balaban J connectivity index is 2.19. The monoisotopic (exact) mass is 331 g/mol. The Bertz CT molecular complexity index is 766. The van der Waals surface area contributed by atoms with Crippen LogP contribution in [0.5, 0.6) is 0 Å². The van der Waals surface area contributed by atoms with E-state index in [4.69, 9.17) is 15.2 Å². The minimum absolute atomic E-state index is 0.0176. The van der Waals surface area contributed by atoms with Crippen molar-refractivity contribution in [1.29, 1.82) is 0 Å². The third-order valence-electron chi connectivity index (χ3n) is 4.20. The van der Waals surface area contributed by atoms with Gasteiger partial charge in [-0.25, -0.2) is 9.18 Å². The smallest absolute Gasteiger partial charge is 0.340 e. The zero-order valence-electron chi connectivity index (χ0n) is 13.3. The van der Waals surface area contributed by atoms with Crippen LogP contribution in [0.2, 0.25) is 0 Å². The van der Waals surface area contributed by atoms with E-state index in [-0.39, 0.29) is 29.4 Å². The summed E-state index contributed by atoms with van der Waals surface area (Å²) in [6.07, 6.45) is 1.51. The number of halogens is 1. The molecule has 0 amide bonds. The van der Waals surface area contributed by atoms with E-state index in [9.17, 15) is 14.0 Å². The fourth-order valence-electron chi connectivity index (χ4n) is 3.18. The molecule has 0 bridgehead atoms. The summed E-state index contributed by atoms with van der Waals surface area (Å²) in [5, 5.41) is 0. The van der Waals surface area contributed by atoms with E-state index in [2.05, 4.69) is 0 Å². The standard InChI is InChI=1S/C18H18FNO4/c1-2-23-18(22)16-14(10-6-3-4-7-11(10)19)15-12(21)8-5-9-13(15)24-17(16)20/h3-4,6-7,14H,2,5,8-9,20H2,1H3. The number of nitrogens with two attached hydrogens (primary N) is 1. The molecule has 0 aromatic heterocycles. The molecule has 126 valence electrons. The largest absolute Gasteiger partial charge is 0.462 e. The molecule has 0 saturated carbocycles. The molecule has 1 aliphatic carbocycles. The summed E-state index contributed by atoms with van der Waals surface area (Å²) >= 11 is 0. The SMILES string of the molecule is CCOC(=O)C1=C(N)OC2=C(C(=O)CCC2)C1c1ccccc1F. The Morgan fingerprint density at radius 3 is 2.83 bits per heavy atom. The highest BCUT2D eigenvalue weighted by atomic mass is 19.1. The zero-order valence-corrected chi connectivity index (χ0v) is 13.3. The Labute approximate surface area is 138 Å². The number of rotatable bonds is 3. The van der Waals surface area contributed by atoms with Gasteiger partial charge >= 0.3 is 5.97 Å². The molecule has 2 aliphatic rings. The van der Waals surface area contributed by atoms with Gasteiger partial charge in [0, 0.05) is 24.0 Å². The lowest BCUT2D eigenvalue weighted by atomic mass is 9.77. The highest BCUT2D eigenvalue weighted by Crippen LogP contribution is 2.44. The van der Waals surface area contributed by atoms with Crippen LogP contribution in [-0.4, -0.2) is 18.4 Å². The second-order valence-corrected chi connectivity index (χ2v) is 5.67. The van der Waals surface area contributed by atoms with Gasteiger partial charge in [0.15, 0.2) is 5.78 Å². The van der Waals surface area contributed by atoms with Crippen molar-refractivity contribution in [3.05, 3.63) is 58.4 Å². The molecule has 1 heterocycles. The maximum atomic E-state index is 14.4. The van der Waals surface area contributed by atoms with Gasteiger partial charge < -0.3 is 15.2 Å². The first-order valence-corrected chi connectivity index (χ1v) is 7.89. The molecular weight excluding hydrogens is 313 g/mol. The normalized spacial score (nSPS) is 20.6. The molecule has 1 unspecified atom stereocenters. The van der Waals surface area contributed by atoms with Crippen LogP contribution in [0, 0.1) is 5.82 Å². The van der Waals surface area contributed by atoms with E-state index in [0.717, 1.165) is 0 Å². The minimum Gasteiger partial charge on any atom is -0.462 e. The van der Waals surface area contributed by atoms with Gasteiger partial charge in [0.2, 0.25) is 5.88 Å². The van der Waals surface area contributed by atoms with E-state index in [1.54, 1.807) is 25.1 Å². The number of carbonyl (C=O) groups is 2. The molecule has 2 N–H and O–H groups in total. The Morgan fingerprint density at radius 1 is 1.38 bits per heavy atom. The van der Waals surface area contributed by atoms with Gasteiger partial charge in [-0.1, -0.05) is 18.2 Å². The molecule has 1 aromatic rings. The van der Waals surface area contributed by atoms with Crippen molar-refractivity contribution >= 4 is 11.8 Å². The lowest BCUT2D eigenvalue weighted by molar-refractivity contribution is -0.139. The van der Waals surface area contributed by atoms with E-state index in [1.165, 1.54) is 6.07 Å². The van der Waals surface area contributed by atoms with Crippen molar-refractivity contribution in [2.45, 2.75) is 32.1 Å². The van der Waals surface area contributed by atoms with Crippen molar-refractivity contribution in [2.75, 3.05) is 6.61 Å². The van der Waals surface area contributed by atoms with E-state index in [0.29, 0.717) is 30.6 Å². The average Bonchev–Trinajstić information content (AvgIpc) is 2.54. The molecule has 24 heavy (non-hydrogen) atoms. The van der Waals surface area contributed by atoms with Crippen LogP contribution >= 0.6 is 0 Å². The van der Waals surface area contributed by atoms with Gasteiger partial charge in [-0.05, 0) is 19.4 Å². The van der Waals surface area contributed by atoms with Crippen molar-refractivity contribution in [2.24, 2.45) is 5.73 Å². The third kappa shape index (κ3) is 2.68. The molecule has 0 spiro atoms. The molecule has 1 aromatic carbocycles. The Morgan fingerprint density at radius 2 is 2.12 bits per heavy atom. The summed E-state index contributed by atoms with van der Waals surface area (Å²) in [5.41, 5.74) is 6.44. The first kappa shape index (κ1) is 16.2. The molecule has 0 saturated heterocycles. The summed E-state index contributed by atoms with van der Waals surface area (Å²) in [4.78, 5) is 24.9. The van der Waals surface area contributed by atoms with Crippen molar-refractivity contribution in [3.63, 3.8) is 0 Å². The lowest BCUT2D eigenvalue weighted by Crippen LogP contribution is -2.31. The van der Waals surface area contributed by atoms with E-state index < -0.39 is 17.7 Å². The predicted octanol–water partition coefficient (Wildman–Crippen LogP) is 2.68. The van der Waals surface area contributed by atoms with Crippen LogP contribution < -0.4 is 5.73 Å². The van der Waals surface area contributed by atoms with Crippen LogP contribution in [0.1, 0.15) is 37.7 Å². The van der Waals surface area contributed by atoms with Gasteiger partial charge in [0.05, 0.1) is 12.5 Å². The fourth-order valence-corrected chi connectivity index (χ4v) is 3.18. The van der Waals surface area contributed by atoms with Crippen molar-refractivity contribution in [1.82, 2.24) is 0 Å². The zero-order chi connectivity index (χ0) is 17.3. The molecule has 1 atom stereocenters. The van der Waals surface area contributed by atoms with Crippen molar-refractivity contribution in [3.8, 4) is 0 Å².